The first-order valence-corrected chi connectivity index (χ1v) is 5.15. The summed E-state index contributed by atoms with van der Waals surface area (Å²) in [5.41, 5.74) is 3.00. The van der Waals surface area contributed by atoms with Crippen molar-refractivity contribution in [2.24, 2.45) is 5.84 Å². The summed E-state index contributed by atoms with van der Waals surface area (Å²) in [6.07, 6.45) is 3.69. The van der Waals surface area contributed by atoms with Crippen LogP contribution in [0.3, 0.4) is 0 Å². The lowest BCUT2D eigenvalue weighted by molar-refractivity contribution is 0.302. The van der Waals surface area contributed by atoms with Gasteiger partial charge in [-0.15, -0.1) is 0 Å². The highest BCUT2D eigenvalue weighted by molar-refractivity contribution is 5.80. The Bertz CT molecular complexity index is 468. The maximum Gasteiger partial charge on any atom is 0.242 e. The highest BCUT2D eigenvalue weighted by atomic mass is 16.5. The summed E-state index contributed by atoms with van der Waals surface area (Å²) in [5.74, 6) is 6.08. The van der Waals surface area contributed by atoms with Crippen LogP contribution in [-0.4, -0.2) is 26.8 Å². The number of aromatic nitrogens is 4. The summed E-state index contributed by atoms with van der Waals surface area (Å²) < 4.78 is 5.55. The van der Waals surface area contributed by atoms with Crippen LogP contribution in [0, 0.1) is 0 Å². The van der Waals surface area contributed by atoms with Crippen molar-refractivity contribution in [3.05, 3.63) is 6.20 Å². The standard InChI is InChI=1S/C9H14N6O/c1-2-3-4-16-8-6-5-11-15-7(6)12-9(13-8)14-10/h5H,2-4,10H2,1H3,(H2,11,12,13,14,15). The lowest BCUT2D eigenvalue weighted by Gasteiger charge is -2.06. The summed E-state index contributed by atoms with van der Waals surface area (Å²) >= 11 is 0. The molecule has 0 aliphatic rings. The van der Waals surface area contributed by atoms with E-state index in [1.165, 1.54) is 0 Å². The number of anilines is 1. The van der Waals surface area contributed by atoms with Gasteiger partial charge in [0.25, 0.3) is 0 Å². The van der Waals surface area contributed by atoms with E-state index in [-0.39, 0.29) is 0 Å². The van der Waals surface area contributed by atoms with Crippen LogP contribution in [0.15, 0.2) is 6.20 Å². The van der Waals surface area contributed by atoms with Crippen LogP contribution >= 0.6 is 0 Å². The van der Waals surface area contributed by atoms with Crippen LogP contribution in [0.25, 0.3) is 11.0 Å². The monoisotopic (exact) mass is 222 g/mol. The molecule has 2 heterocycles. The summed E-state index contributed by atoms with van der Waals surface area (Å²) in [4.78, 5) is 8.23. The van der Waals surface area contributed by atoms with Gasteiger partial charge >= 0.3 is 0 Å². The number of hydrogen-bond acceptors (Lipinski definition) is 6. The molecule has 7 nitrogen and oxygen atoms in total. The number of nitrogens with zero attached hydrogens (tertiary/aromatic N) is 3. The van der Waals surface area contributed by atoms with Gasteiger partial charge in [-0.05, 0) is 6.42 Å². The molecule has 0 bridgehead atoms. The molecule has 0 radical (unpaired) electrons. The van der Waals surface area contributed by atoms with E-state index in [0.717, 1.165) is 18.2 Å². The van der Waals surface area contributed by atoms with E-state index >= 15 is 0 Å². The Balaban J connectivity index is 2.29. The van der Waals surface area contributed by atoms with Gasteiger partial charge in [0.1, 0.15) is 5.39 Å². The third-order valence-corrected chi connectivity index (χ3v) is 2.14. The van der Waals surface area contributed by atoms with E-state index in [4.69, 9.17) is 10.6 Å². The van der Waals surface area contributed by atoms with Gasteiger partial charge in [-0.1, -0.05) is 13.3 Å². The first kappa shape index (κ1) is 10.6. The number of unbranched alkanes of at least 4 members (excludes halogenated alkanes) is 1. The van der Waals surface area contributed by atoms with Crippen LogP contribution in [0.2, 0.25) is 0 Å². The topological polar surface area (TPSA) is 102 Å². The fraction of sp³-hybridized carbons (Fsp3) is 0.444. The van der Waals surface area contributed by atoms with Crippen molar-refractivity contribution in [2.45, 2.75) is 19.8 Å². The van der Waals surface area contributed by atoms with Gasteiger partial charge in [-0.3, -0.25) is 10.5 Å². The molecule has 0 fully saturated rings. The van der Waals surface area contributed by atoms with Gasteiger partial charge in [0.15, 0.2) is 5.65 Å². The van der Waals surface area contributed by atoms with Gasteiger partial charge in [0.2, 0.25) is 11.8 Å². The predicted molar refractivity (Wildman–Crippen MR) is 59.9 cm³/mol. The predicted octanol–water partition coefficient (Wildman–Crippen LogP) is 0.817. The van der Waals surface area contributed by atoms with Gasteiger partial charge in [0, 0.05) is 0 Å². The number of nitrogens with one attached hydrogen (secondary N) is 2. The van der Waals surface area contributed by atoms with Gasteiger partial charge in [-0.2, -0.15) is 15.1 Å². The van der Waals surface area contributed by atoms with Gasteiger partial charge in [-0.25, -0.2) is 5.84 Å². The number of hydrogen-bond donors (Lipinski definition) is 3. The van der Waals surface area contributed by atoms with Gasteiger partial charge < -0.3 is 4.74 Å². The van der Waals surface area contributed by atoms with Crippen LogP contribution < -0.4 is 16.0 Å². The van der Waals surface area contributed by atoms with Crippen molar-refractivity contribution in [2.75, 3.05) is 12.0 Å². The summed E-state index contributed by atoms with van der Waals surface area (Å²) in [6.45, 7) is 2.72. The molecule has 2 rings (SSSR count). The van der Waals surface area contributed by atoms with Crippen molar-refractivity contribution < 1.29 is 4.74 Å². The van der Waals surface area contributed by atoms with Gasteiger partial charge in [0.05, 0.1) is 12.8 Å². The highest BCUT2D eigenvalue weighted by Crippen LogP contribution is 2.21. The average molecular weight is 222 g/mol. The maximum atomic E-state index is 5.55. The van der Waals surface area contributed by atoms with Crippen molar-refractivity contribution in [3.8, 4) is 5.88 Å². The van der Waals surface area contributed by atoms with Crippen LogP contribution in [0.4, 0.5) is 5.95 Å². The molecule has 0 aliphatic heterocycles. The second-order valence-corrected chi connectivity index (χ2v) is 3.33. The molecule has 0 saturated heterocycles. The first-order valence-electron chi connectivity index (χ1n) is 5.15. The van der Waals surface area contributed by atoms with Crippen LogP contribution in [0.5, 0.6) is 5.88 Å². The van der Waals surface area contributed by atoms with E-state index in [9.17, 15) is 0 Å². The Morgan fingerprint density at radius 1 is 1.50 bits per heavy atom. The Morgan fingerprint density at radius 3 is 3.12 bits per heavy atom. The molecule has 0 aliphatic carbocycles. The molecule has 0 amide bonds. The molecule has 0 spiro atoms. The van der Waals surface area contributed by atoms with E-state index in [2.05, 4.69) is 32.5 Å². The molecule has 2 aromatic rings. The third kappa shape index (κ3) is 2.03. The number of H-pyrrole nitrogens is 1. The zero-order valence-electron chi connectivity index (χ0n) is 9.03. The van der Waals surface area contributed by atoms with Crippen molar-refractivity contribution in [3.63, 3.8) is 0 Å². The van der Waals surface area contributed by atoms with E-state index in [0.29, 0.717) is 24.1 Å². The zero-order chi connectivity index (χ0) is 11.4. The fourth-order valence-electron chi connectivity index (χ4n) is 1.30. The molecule has 0 unspecified atom stereocenters. The Labute approximate surface area is 92.4 Å². The van der Waals surface area contributed by atoms with Crippen molar-refractivity contribution in [1.82, 2.24) is 20.2 Å². The molecule has 86 valence electrons. The molecule has 0 aromatic carbocycles. The van der Waals surface area contributed by atoms with Crippen molar-refractivity contribution >= 4 is 17.0 Å². The lowest BCUT2D eigenvalue weighted by atomic mass is 10.3. The Kier molecular flexibility index (Phi) is 3.16. The number of aromatic amines is 1. The highest BCUT2D eigenvalue weighted by Gasteiger charge is 2.09. The zero-order valence-corrected chi connectivity index (χ0v) is 9.03. The normalized spacial score (nSPS) is 10.6. The van der Waals surface area contributed by atoms with E-state index in [1.54, 1.807) is 6.20 Å². The number of ether oxygens (including phenoxy) is 1. The van der Waals surface area contributed by atoms with Crippen LogP contribution in [-0.2, 0) is 0 Å². The number of nitrogen functional groups attached to an aromatic ring is 1. The maximum absolute atomic E-state index is 5.55. The Morgan fingerprint density at radius 2 is 2.38 bits per heavy atom. The minimum absolute atomic E-state index is 0.309. The fourth-order valence-corrected chi connectivity index (χ4v) is 1.30. The second kappa shape index (κ2) is 4.75. The molecule has 0 atom stereocenters. The van der Waals surface area contributed by atoms with Crippen LogP contribution in [0.1, 0.15) is 19.8 Å². The molecule has 0 saturated carbocycles. The SMILES string of the molecule is CCCCOc1nc(NN)nc2[nH]ncc12. The number of hydrazine groups is 1. The average Bonchev–Trinajstić information content (AvgIpc) is 2.77. The quantitative estimate of drug-likeness (QED) is 0.393. The lowest BCUT2D eigenvalue weighted by Crippen LogP contribution is -2.11. The largest absolute Gasteiger partial charge is 0.477 e. The second-order valence-electron chi connectivity index (χ2n) is 3.33. The van der Waals surface area contributed by atoms with E-state index < -0.39 is 0 Å². The first-order chi connectivity index (χ1) is 7.85. The minimum Gasteiger partial charge on any atom is -0.477 e. The van der Waals surface area contributed by atoms with Crippen molar-refractivity contribution in [1.29, 1.82) is 0 Å². The molecule has 7 heteroatoms. The molecular formula is C9H14N6O. The summed E-state index contributed by atoms with van der Waals surface area (Å²) in [7, 11) is 0. The minimum atomic E-state index is 0.309. The Hall–Kier alpha value is -1.89. The number of fused-ring (bicyclic) bond motifs is 1. The smallest absolute Gasteiger partial charge is 0.242 e. The number of nitrogens with two attached hydrogens (primary N) is 1. The summed E-state index contributed by atoms with van der Waals surface area (Å²) in [6, 6.07) is 0. The molecule has 4 N–H and O–H groups in total. The molecule has 2 aromatic heterocycles. The third-order valence-electron chi connectivity index (χ3n) is 2.14. The molecular weight excluding hydrogens is 208 g/mol. The van der Waals surface area contributed by atoms with E-state index in [1.807, 2.05) is 0 Å². The number of rotatable bonds is 5. The molecule has 16 heavy (non-hydrogen) atoms. The summed E-state index contributed by atoms with van der Waals surface area (Å²) in [5, 5.41) is 7.40.